The number of amides is 1. The first-order valence-electron chi connectivity index (χ1n) is 7.42. The van der Waals surface area contributed by atoms with Gasteiger partial charge in [0, 0.05) is 23.8 Å². The van der Waals surface area contributed by atoms with E-state index in [1.807, 2.05) is 30.3 Å². The number of fused-ring (bicyclic) bond motifs is 1. The predicted molar refractivity (Wildman–Crippen MR) is 85.7 cm³/mol. The van der Waals surface area contributed by atoms with E-state index in [4.69, 9.17) is 0 Å². The van der Waals surface area contributed by atoms with Crippen LogP contribution in [0.15, 0.2) is 48.5 Å². The molecule has 1 unspecified atom stereocenters. The molecule has 2 aromatic rings. The zero-order chi connectivity index (χ0) is 14.7. The van der Waals surface area contributed by atoms with Gasteiger partial charge >= 0.3 is 0 Å². The third-order valence-electron chi connectivity index (χ3n) is 3.93. The highest BCUT2D eigenvalue weighted by Gasteiger charge is 2.18. The number of nitrogens with one attached hydrogen (secondary N) is 2. The number of carbonyl (C=O) groups excluding carboxylic acids is 1. The van der Waals surface area contributed by atoms with Gasteiger partial charge in [-0.3, -0.25) is 4.79 Å². The minimum Gasteiger partial charge on any atom is -0.380 e. The van der Waals surface area contributed by atoms with E-state index in [-0.39, 0.29) is 5.91 Å². The Balaban J connectivity index is 1.58. The smallest absolute Gasteiger partial charge is 0.251 e. The fourth-order valence-corrected chi connectivity index (χ4v) is 2.75. The summed E-state index contributed by atoms with van der Waals surface area (Å²) in [7, 11) is 0. The maximum absolute atomic E-state index is 12.0. The minimum atomic E-state index is -0.00731. The Hall–Kier alpha value is -2.29. The van der Waals surface area contributed by atoms with Gasteiger partial charge < -0.3 is 10.6 Å². The Bertz CT molecular complexity index is 637. The summed E-state index contributed by atoms with van der Waals surface area (Å²) < 4.78 is 0. The van der Waals surface area contributed by atoms with Gasteiger partial charge in [0.05, 0.1) is 0 Å². The van der Waals surface area contributed by atoms with Crippen LogP contribution in [0, 0.1) is 6.92 Å². The van der Waals surface area contributed by atoms with Gasteiger partial charge in [0.25, 0.3) is 5.91 Å². The lowest BCUT2D eigenvalue weighted by atomic mass is 9.96. The SMILES string of the molecule is Cc1ccc2c(c1)CCC(CNC(=O)c1ccccc1)N2. The normalized spacial score (nSPS) is 16.7. The van der Waals surface area contributed by atoms with Crippen molar-refractivity contribution in [2.24, 2.45) is 0 Å². The summed E-state index contributed by atoms with van der Waals surface area (Å²) in [6.45, 7) is 2.77. The summed E-state index contributed by atoms with van der Waals surface area (Å²) in [4.78, 5) is 12.0. The molecule has 3 heteroatoms. The first-order chi connectivity index (χ1) is 10.2. The van der Waals surface area contributed by atoms with Crippen molar-refractivity contribution in [1.82, 2.24) is 5.32 Å². The van der Waals surface area contributed by atoms with Gasteiger partial charge in [0.2, 0.25) is 0 Å². The zero-order valence-electron chi connectivity index (χ0n) is 12.2. The molecule has 108 valence electrons. The van der Waals surface area contributed by atoms with Crippen LogP contribution in [-0.4, -0.2) is 18.5 Å². The van der Waals surface area contributed by atoms with Gasteiger partial charge in [0.1, 0.15) is 0 Å². The predicted octanol–water partition coefficient (Wildman–Crippen LogP) is 3.15. The quantitative estimate of drug-likeness (QED) is 0.907. The molecular formula is C18H20N2O. The molecule has 0 bridgehead atoms. The van der Waals surface area contributed by atoms with E-state index in [2.05, 4.69) is 35.8 Å². The standard InChI is InChI=1S/C18H20N2O/c1-13-7-10-17-15(11-13)8-9-16(20-17)12-19-18(21)14-5-3-2-4-6-14/h2-7,10-11,16,20H,8-9,12H2,1H3,(H,19,21). The number of hydrogen-bond acceptors (Lipinski definition) is 2. The molecule has 2 aromatic carbocycles. The number of rotatable bonds is 3. The van der Waals surface area contributed by atoms with E-state index in [0.29, 0.717) is 18.2 Å². The van der Waals surface area contributed by atoms with Gasteiger partial charge in [-0.05, 0) is 43.5 Å². The lowest BCUT2D eigenvalue weighted by Gasteiger charge is -2.27. The van der Waals surface area contributed by atoms with Crippen LogP contribution in [0.3, 0.4) is 0 Å². The van der Waals surface area contributed by atoms with Crippen molar-refractivity contribution in [1.29, 1.82) is 0 Å². The molecule has 1 aliphatic rings. The third-order valence-corrected chi connectivity index (χ3v) is 3.93. The highest BCUT2D eigenvalue weighted by molar-refractivity contribution is 5.94. The summed E-state index contributed by atoms with van der Waals surface area (Å²) in [5, 5.41) is 6.53. The van der Waals surface area contributed by atoms with E-state index in [0.717, 1.165) is 12.8 Å². The molecule has 1 aliphatic heterocycles. The topological polar surface area (TPSA) is 41.1 Å². The Labute approximate surface area is 125 Å². The maximum Gasteiger partial charge on any atom is 0.251 e. The highest BCUT2D eigenvalue weighted by Crippen LogP contribution is 2.25. The monoisotopic (exact) mass is 280 g/mol. The van der Waals surface area contributed by atoms with E-state index in [9.17, 15) is 4.79 Å². The molecule has 1 amide bonds. The average molecular weight is 280 g/mol. The van der Waals surface area contributed by atoms with Gasteiger partial charge in [-0.1, -0.05) is 35.9 Å². The van der Waals surface area contributed by atoms with Crippen LogP contribution in [-0.2, 0) is 6.42 Å². The van der Waals surface area contributed by atoms with Crippen molar-refractivity contribution < 1.29 is 4.79 Å². The molecule has 3 nitrogen and oxygen atoms in total. The number of anilines is 1. The van der Waals surface area contributed by atoms with Crippen molar-refractivity contribution >= 4 is 11.6 Å². The van der Waals surface area contributed by atoms with Crippen molar-refractivity contribution in [2.45, 2.75) is 25.8 Å². The molecule has 2 N–H and O–H groups in total. The number of aryl methyl sites for hydroxylation is 2. The Kier molecular flexibility index (Phi) is 3.91. The fraction of sp³-hybridized carbons (Fsp3) is 0.278. The van der Waals surface area contributed by atoms with E-state index < -0.39 is 0 Å². The summed E-state index contributed by atoms with van der Waals surface area (Å²) in [5.74, 6) is -0.00731. The summed E-state index contributed by atoms with van der Waals surface area (Å²) >= 11 is 0. The van der Waals surface area contributed by atoms with Crippen LogP contribution in [0.5, 0.6) is 0 Å². The number of carbonyl (C=O) groups is 1. The summed E-state index contributed by atoms with van der Waals surface area (Å²) in [6, 6.07) is 16.1. The van der Waals surface area contributed by atoms with Crippen molar-refractivity contribution in [2.75, 3.05) is 11.9 Å². The molecule has 0 aromatic heterocycles. The van der Waals surface area contributed by atoms with Crippen LogP contribution in [0.2, 0.25) is 0 Å². The fourth-order valence-electron chi connectivity index (χ4n) is 2.75. The molecular weight excluding hydrogens is 260 g/mol. The van der Waals surface area contributed by atoms with Crippen molar-refractivity contribution in [3.63, 3.8) is 0 Å². The summed E-state index contributed by atoms with van der Waals surface area (Å²) in [5.41, 5.74) is 4.59. The molecule has 0 radical (unpaired) electrons. The molecule has 1 heterocycles. The minimum absolute atomic E-state index is 0.00731. The zero-order valence-corrected chi connectivity index (χ0v) is 12.2. The van der Waals surface area contributed by atoms with Gasteiger partial charge in [0.15, 0.2) is 0 Å². The van der Waals surface area contributed by atoms with Crippen molar-refractivity contribution in [3.05, 3.63) is 65.2 Å². The van der Waals surface area contributed by atoms with Crippen molar-refractivity contribution in [3.8, 4) is 0 Å². The Morgan fingerprint density at radius 2 is 2.05 bits per heavy atom. The van der Waals surface area contributed by atoms with Crippen LogP contribution in [0.1, 0.15) is 27.9 Å². The maximum atomic E-state index is 12.0. The average Bonchev–Trinajstić information content (AvgIpc) is 2.53. The number of hydrogen-bond donors (Lipinski definition) is 2. The van der Waals surface area contributed by atoms with E-state index in [1.54, 1.807) is 0 Å². The van der Waals surface area contributed by atoms with E-state index >= 15 is 0 Å². The third kappa shape index (κ3) is 3.24. The molecule has 0 saturated heterocycles. The Morgan fingerprint density at radius 3 is 2.86 bits per heavy atom. The Morgan fingerprint density at radius 1 is 1.24 bits per heavy atom. The van der Waals surface area contributed by atoms with Crippen LogP contribution >= 0.6 is 0 Å². The first kappa shape index (κ1) is 13.7. The van der Waals surface area contributed by atoms with Crippen LogP contribution in [0.4, 0.5) is 5.69 Å². The molecule has 1 atom stereocenters. The molecule has 0 spiro atoms. The van der Waals surface area contributed by atoms with E-state index in [1.165, 1.54) is 16.8 Å². The summed E-state index contributed by atoms with van der Waals surface area (Å²) in [6.07, 6.45) is 2.11. The molecule has 0 saturated carbocycles. The lowest BCUT2D eigenvalue weighted by molar-refractivity contribution is 0.0951. The highest BCUT2D eigenvalue weighted by atomic mass is 16.1. The molecule has 3 rings (SSSR count). The molecule has 0 aliphatic carbocycles. The molecule has 0 fully saturated rings. The number of benzene rings is 2. The second kappa shape index (κ2) is 6.00. The van der Waals surface area contributed by atoms with Crippen LogP contribution < -0.4 is 10.6 Å². The van der Waals surface area contributed by atoms with Gasteiger partial charge in [-0.15, -0.1) is 0 Å². The second-order valence-electron chi connectivity index (χ2n) is 5.62. The van der Waals surface area contributed by atoms with Crippen LogP contribution in [0.25, 0.3) is 0 Å². The molecule has 21 heavy (non-hydrogen) atoms. The largest absolute Gasteiger partial charge is 0.380 e. The first-order valence-corrected chi connectivity index (χ1v) is 7.42. The van der Waals surface area contributed by atoms with Gasteiger partial charge in [-0.2, -0.15) is 0 Å². The van der Waals surface area contributed by atoms with Gasteiger partial charge in [-0.25, -0.2) is 0 Å². The lowest BCUT2D eigenvalue weighted by Crippen LogP contribution is -2.38. The second-order valence-corrected chi connectivity index (χ2v) is 5.62.